The number of carboxylic acid groups (broad SMARTS) is 1. The predicted molar refractivity (Wildman–Crippen MR) is 119 cm³/mol. The van der Waals surface area contributed by atoms with Gasteiger partial charge in [0.25, 0.3) is 5.89 Å². The Morgan fingerprint density at radius 2 is 2.12 bits per heavy atom. The summed E-state index contributed by atoms with van der Waals surface area (Å²) in [6, 6.07) is 5.81. The fourth-order valence-corrected chi connectivity index (χ4v) is 5.07. The van der Waals surface area contributed by atoms with Crippen molar-refractivity contribution in [3.63, 3.8) is 0 Å². The zero-order valence-corrected chi connectivity index (χ0v) is 18.3. The van der Waals surface area contributed by atoms with Gasteiger partial charge in [-0.2, -0.15) is 4.98 Å². The van der Waals surface area contributed by atoms with E-state index in [9.17, 15) is 9.90 Å². The number of carbonyl (C=O) groups is 1. The Balaban J connectivity index is 1.31. The quantitative estimate of drug-likeness (QED) is 0.662. The SMILES string of the molecule is CC(C)Oc1ccc(-c2nc(C3C=CC=C4C3CC[C@@H]4N3CC(C(=O)O)C3)no2)cc1N. The predicted octanol–water partition coefficient (Wildman–Crippen LogP) is 3.48. The third-order valence-electron chi connectivity index (χ3n) is 6.66. The number of nitrogens with two attached hydrogens (primary N) is 1. The first-order valence-electron chi connectivity index (χ1n) is 11.2. The van der Waals surface area contributed by atoms with Crippen molar-refractivity contribution >= 4 is 11.7 Å². The largest absolute Gasteiger partial charge is 0.489 e. The van der Waals surface area contributed by atoms with Crippen LogP contribution in [0.4, 0.5) is 5.69 Å². The van der Waals surface area contributed by atoms with Crippen molar-refractivity contribution in [1.29, 1.82) is 0 Å². The molecule has 8 nitrogen and oxygen atoms in total. The first-order valence-corrected chi connectivity index (χ1v) is 11.2. The topological polar surface area (TPSA) is 115 Å². The van der Waals surface area contributed by atoms with Gasteiger partial charge in [-0.25, -0.2) is 0 Å². The molecule has 32 heavy (non-hydrogen) atoms. The van der Waals surface area contributed by atoms with E-state index in [1.807, 2.05) is 26.0 Å². The molecule has 1 aromatic carbocycles. The normalized spacial score (nSPS) is 25.5. The summed E-state index contributed by atoms with van der Waals surface area (Å²) < 4.78 is 11.3. The number of fused-ring (bicyclic) bond motifs is 1. The third kappa shape index (κ3) is 3.68. The van der Waals surface area contributed by atoms with E-state index >= 15 is 0 Å². The molecule has 1 aliphatic heterocycles. The van der Waals surface area contributed by atoms with Gasteiger partial charge in [-0.3, -0.25) is 9.69 Å². The van der Waals surface area contributed by atoms with Crippen LogP contribution in [0, 0.1) is 11.8 Å². The molecule has 1 saturated heterocycles. The van der Waals surface area contributed by atoms with Crippen LogP contribution >= 0.6 is 0 Å². The number of benzene rings is 1. The molecule has 2 aliphatic carbocycles. The molecule has 5 rings (SSSR count). The van der Waals surface area contributed by atoms with E-state index in [2.05, 4.69) is 28.3 Å². The summed E-state index contributed by atoms with van der Waals surface area (Å²) in [5, 5.41) is 13.5. The Hall–Kier alpha value is -3.13. The maximum atomic E-state index is 11.2. The Bertz CT molecular complexity index is 1080. The molecule has 2 heterocycles. The molecule has 1 aromatic heterocycles. The highest BCUT2D eigenvalue weighted by Gasteiger charge is 2.45. The van der Waals surface area contributed by atoms with Crippen LogP contribution in [0.1, 0.15) is 38.4 Å². The molecule has 0 radical (unpaired) electrons. The Morgan fingerprint density at radius 3 is 2.84 bits per heavy atom. The van der Waals surface area contributed by atoms with E-state index in [4.69, 9.17) is 20.0 Å². The van der Waals surface area contributed by atoms with Crippen molar-refractivity contribution in [1.82, 2.24) is 15.0 Å². The molecular weight excluding hydrogens is 408 g/mol. The molecule has 3 aliphatic rings. The van der Waals surface area contributed by atoms with E-state index < -0.39 is 5.97 Å². The number of likely N-dealkylation sites (tertiary alicyclic amines) is 1. The molecular formula is C24H28N4O4. The van der Waals surface area contributed by atoms with Crippen LogP contribution in [-0.2, 0) is 4.79 Å². The van der Waals surface area contributed by atoms with Gasteiger partial charge in [0.15, 0.2) is 5.82 Å². The Kier molecular flexibility index (Phi) is 5.25. The van der Waals surface area contributed by atoms with E-state index in [1.165, 1.54) is 5.57 Å². The van der Waals surface area contributed by atoms with Crippen LogP contribution < -0.4 is 10.5 Å². The fourth-order valence-electron chi connectivity index (χ4n) is 5.07. The van der Waals surface area contributed by atoms with Gasteiger partial charge in [0.1, 0.15) is 5.75 Å². The van der Waals surface area contributed by atoms with Gasteiger partial charge >= 0.3 is 5.97 Å². The van der Waals surface area contributed by atoms with Crippen LogP contribution in [0.15, 0.2) is 46.5 Å². The van der Waals surface area contributed by atoms with Gasteiger partial charge in [-0.05, 0) is 56.4 Å². The van der Waals surface area contributed by atoms with Gasteiger partial charge < -0.3 is 20.1 Å². The second kappa shape index (κ2) is 8.09. The monoisotopic (exact) mass is 436 g/mol. The Labute approximate surface area is 186 Å². The molecule has 0 bridgehead atoms. The van der Waals surface area contributed by atoms with Crippen molar-refractivity contribution in [3.05, 3.63) is 47.8 Å². The number of hydrogen-bond donors (Lipinski definition) is 2. The average molecular weight is 437 g/mol. The van der Waals surface area contributed by atoms with Crippen molar-refractivity contribution in [3.8, 4) is 17.2 Å². The molecule has 1 saturated carbocycles. The van der Waals surface area contributed by atoms with Crippen LogP contribution in [0.5, 0.6) is 5.75 Å². The number of aromatic nitrogens is 2. The highest BCUT2D eigenvalue weighted by Crippen LogP contribution is 2.46. The van der Waals surface area contributed by atoms with Gasteiger partial charge in [0, 0.05) is 30.6 Å². The first-order chi connectivity index (χ1) is 15.4. The number of anilines is 1. The van der Waals surface area contributed by atoms with E-state index in [0.29, 0.717) is 48.2 Å². The smallest absolute Gasteiger partial charge is 0.309 e. The van der Waals surface area contributed by atoms with Crippen LogP contribution in [0.3, 0.4) is 0 Å². The minimum absolute atomic E-state index is 0.0417. The minimum atomic E-state index is -0.699. The third-order valence-corrected chi connectivity index (χ3v) is 6.66. The van der Waals surface area contributed by atoms with Crippen LogP contribution in [0.2, 0.25) is 0 Å². The lowest BCUT2D eigenvalue weighted by Crippen LogP contribution is -2.54. The van der Waals surface area contributed by atoms with Crippen molar-refractivity contribution in [2.24, 2.45) is 11.8 Å². The summed E-state index contributed by atoms with van der Waals surface area (Å²) in [5.41, 5.74) is 8.79. The summed E-state index contributed by atoms with van der Waals surface area (Å²) in [6.45, 7) is 5.17. The second-order valence-electron chi connectivity index (χ2n) is 9.14. The number of aliphatic carboxylic acids is 1. The van der Waals surface area contributed by atoms with E-state index in [1.54, 1.807) is 6.07 Å². The van der Waals surface area contributed by atoms with Crippen molar-refractivity contribution in [2.45, 2.75) is 44.8 Å². The summed E-state index contributed by atoms with van der Waals surface area (Å²) in [4.78, 5) is 18.1. The molecule has 2 aromatic rings. The minimum Gasteiger partial charge on any atom is -0.489 e. The lowest BCUT2D eigenvalue weighted by atomic mass is 9.82. The number of rotatable bonds is 6. The van der Waals surface area contributed by atoms with E-state index in [0.717, 1.165) is 18.4 Å². The summed E-state index contributed by atoms with van der Waals surface area (Å²) in [6.07, 6.45) is 8.48. The standard InChI is InChI=1S/C24H28N4O4/c1-13(2)31-21-9-6-14(10-19(21)25)23-26-22(27-32-23)18-5-3-4-17-16(18)7-8-20(17)28-11-15(12-28)24(29)30/h3-6,9-10,13,15-16,18,20H,7-8,11-12,25H2,1-2H3,(H,29,30)/t16?,18?,20-/m0/s1. The Morgan fingerprint density at radius 1 is 1.31 bits per heavy atom. The first kappa shape index (κ1) is 20.8. The summed E-state index contributed by atoms with van der Waals surface area (Å²) in [7, 11) is 0. The van der Waals surface area contributed by atoms with Gasteiger partial charge in [-0.1, -0.05) is 23.4 Å². The highest BCUT2D eigenvalue weighted by molar-refractivity contribution is 5.71. The molecule has 0 amide bonds. The highest BCUT2D eigenvalue weighted by atomic mass is 16.5. The van der Waals surface area contributed by atoms with Crippen LogP contribution in [-0.4, -0.2) is 51.4 Å². The molecule has 8 heteroatoms. The molecule has 2 fully saturated rings. The maximum absolute atomic E-state index is 11.2. The summed E-state index contributed by atoms with van der Waals surface area (Å²) in [5.74, 6) is 1.17. The molecule has 168 valence electrons. The van der Waals surface area contributed by atoms with Gasteiger partial charge in [-0.15, -0.1) is 0 Å². The van der Waals surface area contributed by atoms with Gasteiger partial charge in [0.2, 0.25) is 0 Å². The molecule has 3 atom stereocenters. The molecule has 0 spiro atoms. The lowest BCUT2D eigenvalue weighted by Gasteiger charge is -2.42. The zero-order valence-electron chi connectivity index (χ0n) is 18.3. The molecule has 2 unspecified atom stereocenters. The van der Waals surface area contributed by atoms with Gasteiger partial charge in [0.05, 0.1) is 17.7 Å². The van der Waals surface area contributed by atoms with Crippen molar-refractivity contribution < 1.29 is 19.2 Å². The lowest BCUT2D eigenvalue weighted by molar-refractivity contribution is -0.148. The number of hydrogen-bond acceptors (Lipinski definition) is 7. The zero-order chi connectivity index (χ0) is 22.4. The number of allylic oxidation sites excluding steroid dienone is 3. The number of carboxylic acids is 1. The average Bonchev–Trinajstić information content (AvgIpc) is 3.36. The number of nitrogens with zero attached hydrogens (tertiary/aromatic N) is 3. The maximum Gasteiger partial charge on any atom is 0.309 e. The van der Waals surface area contributed by atoms with E-state index in [-0.39, 0.29) is 17.9 Å². The molecule has 3 N–H and O–H groups in total. The second-order valence-corrected chi connectivity index (χ2v) is 9.14. The number of nitrogen functional groups attached to an aromatic ring is 1. The van der Waals surface area contributed by atoms with Crippen LogP contribution in [0.25, 0.3) is 11.5 Å². The summed E-state index contributed by atoms with van der Waals surface area (Å²) >= 11 is 0. The fraction of sp³-hybridized carbons (Fsp3) is 0.458. The number of ether oxygens (including phenoxy) is 1. The van der Waals surface area contributed by atoms with Crippen molar-refractivity contribution in [2.75, 3.05) is 18.8 Å².